The number of rotatable bonds is 4. The van der Waals surface area contributed by atoms with Crippen LogP contribution in [0.25, 0.3) is 11.5 Å². The monoisotopic (exact) mass is 375 g/mol. The molecule has 28 heavy (non-hydrogen) atoms. The van der Waals surface area contributed by atoms with Crippen molar-refractivity contribution in [1.29, 1.82) is 0 Å². The number of benzene rings is 1. The van der Waals surface area contributed by atoms with Gasteiger partial charge in [-0.25, -0.2) is 9.97 Å². The SMILES string of the molecule is CC(=O)N1CCc2c(nc(-c3ccccn3)nc2NCc2ccc(O)cc2)C1. The van der Waals surface area contributed by atoms with E-state index in [1.54, 1.807) is 30.2 Å². The third-order valence-electron chi connectivity index (χ3n) is 4.80. The third-order valence-corrected chi connectivity index (χ3v) is 4.80. The van der Waals surface area contributed by atoms with Crippen LogP contribution < -0.4 is 5.32 Å². The van der Waals surface area contributed by atoms with Gasteiger partial charge in [0.15, 0.2) is 5.82 Å². The molecule has 142 valence electrons. The van der Waals surface area contributed by atoms with Crippen molar-refractivity contribution in [3.8, 4) is 17.3 Å². The third kappa shape index (κ3) is 3.78. The summed E-state index contributed by atoms with van der Waals surface area (Å²) in [5.74, 6) is 1.59. The first kappa shape index (κ1) is 17.9. The summed E-state index contributed by atoms with van der Waals surface area (Å²) in [6.07, 6.45) is 2.42. The van der Waals surface area contributed by atoms with Gasteiger partial charge < -0.3 is 15.3 Å². The van der Waals surface area contributed by atoms with Crippen molar-refractivity contribution < 1.29 is 9.90 Å². The van der Waals surface area contributed by atoms with E-state index >= 15 is 0 Å². The van der Waals surface area contributed by atoms with Gasteiger partial charge in [0.05, 0.1) is 12.2 Å². The molecule has 2 aromatic heterocycles. The highest BCUT2D eigenvalue weighted by Crippen LogP contribution is 2.27. The van der Waals surface area contributed by atoms with Gasteiger partial charge in [-0.1, -0.05) is 18.2 Å². The maximum atomic E-state index is 11.8. The van der Waals surface area contributed by atoms with Crippen molar-refractivity contribution in [3.05, 3.63) is 65.5 Å². The van der Waals surface area contributed by atoms with Crippen molar-refractivity contribution in [2.75, 3.05) is 11.9 Å². The molecular formula is C21H21N5O2. The average molecular weight is 375 g/mol. The fourth-order valence-electron chi connectivity index (χ4n) is 3.25. The zero-order valence-corrected chi connectivity index (χ0v) is 15.6. The molecule has 1 aromatic carbocycles. The van der Waals surface area contributed by atoms with Gasteiger partial charge in [-0.05, 0) is 36.2 Å². The number of anilines is 1. The van der Waals surface area contributed by atoms with Crippen LogP contribution in [0.5, 0.6) is 5.75 Å². The minimum absolute atomic E-state index is 0.0438. The van der Waals surface area contributed by atoms with E-state index in [2.05, 4.69) is 10.3 Å². The first-order chi connectivity index (χ1) is 13.6. The van der Waals surface area contributed by atoms with Crippen LogP contribution in [-0.2, 0) is 24.3 Å². The van der Waals surface area contributed by atoms with E-state index in [4.69, 9.17) is 9.97 Å². The van der Waals surface area contributed by atoms with E-state index in [1.807, 2.05) is 30.3 Å². The van der Waals surface area contributed by atoms with Crippen LogP contribution in [-0.4, -0.2) is 37.4 Å². The number of nitrogens with zero attached hydrogens (tertiary/aromatic N) is 4. The summed E-state index contributed by atoms with van der Waals surface area (Å²) in [6, 6.07) is 12.7. The first-order valence-electron chi connectivity index (χ1n) is 9.18. The molecule has 4 rings (SSSR count). The second kappa shape index (κ2) is 7.64. The van der Waals surface area contributed by atoms with Crippen LogP contribution in [0, 0.1) is 0 Å². The fraction of sp³-hybridized carbons (Fsp3) is 0.238. The van der Waals surface area contributed by atoms with Crippen LogP contribution in [0.3, 0.4) is 0 Å². The van der Waals surface area contributed by atoms with Crippen molar-refractivity contribution in [1.82, 2.24) is 19.9 Å². The van der Waals surface area contributed by atoms with Gasteiger partial charge in [-0.2, -0.15) is 0 Å². The number of hydrogen-bond donors (Lipinski definition) is 2. The van der Waals surface area contributed by atoms with Gasteiger partial charge in [0.2, 0.25) is 5.91 Å². The topological polar surface area (TPSA) is 91.2 Å². The highest BCUT2D eigenvalue weighted by molar-refractivity contribution is 5.74. The summed E-state index contributed by atoms with van der Waals surface area (Å²) < 4.78 is 0. The minimum Gasteiger partial charge on any atom is -0.508 e. The van der Waals surface area contributed by atoms with E-state index < -0.39 is 0 Å². The second-order valence-corrected chi connectivity index (χ2v) is 6.75. The molecule has 0 atom stereocenters. The molecule has 1 amide bonds. The number of phenolic OH excluding ortho intramolecular Hbond substituents is 1. The van der Waals surface area contributed by atoms with E-state index in [0.29, 0.717) is 37.6 Å². The van der Waals surface area contributed by atoms with Gasteiger partial charge in [0, 0.05) is 31.8 Å². The van der Waals surface area contributed by atoms with Crippen molar-refractivity contribution in [3.63, 3.8) is 0 Å². The van der Waals surface area contributed by atoms with Gasteiger partial charge in [0.1, 0.15) is 17.3 Å². The molecule has 0 saturated carbocycles. The highest BCUT2D eigenvalue weighted by Gasteiger charge is 2.24. The second-order valence-electron chi connectivity index (χ2n) is 6.75. The van der Waals surface area contributed by atoms with Crippen molar-refractivity contribution in [2.45, 2.75) is 26.4 Å². The molecule has 0 aliphatic carbocycles. The molecule has 2 N–H and O–H groups in total. The molecule has 0 fully saturated rings. The van der Waals surface area contributed by atoms with Gasteiger partial charge in [-0.3, -0.25) is 9.78 Å². The number of amides is 1. The van der Waals surface area contributed by atoms with Gasteiger partial charge in [0.25, 0.3) is 0 Å². The summed E-state index contributed by atoms with van der Waals surface area (Å²) in [5.41, 5.74) is 3.62. The number of carbonyl (C=O) groups is 1. The molecule has 3 heterocycles. The Morgan fingerprint density at radius 1 is 1.18 bits per heavy atom. The number of aromatic hydroxyl groups is 1. The van der Waals surface area contributed by atoms with Gasteiger partial charge >= 0.3 is 0 Å². The molecular weight excluding hydrogens is 354 g/mol. The summed E-state index contributed by atoms with van der Waals surface area (Å²) in [4.78, 5) is 27.4. The molecule has 7 heteroatoms. The first-order valence-corrected chi connectivity index (χ1v) is 9.18. The molecule has 1 aliphatic rings. The number of pyridine rings is 1. The summed E-state index contributed by atoms with van der Waals surface area (Å²) in [7, 11) is 0. The molecule has 1 aliphatic heterocycles. The Morgan fingerprint density at radius 2 is 2.00 bits per heavy atom. The Kier molecular flexibility index (Phi) is 4.89. The molecule has 3 aromatic rings. The van der Waals surface area contributed by atoms with Crippen molar-refractivity contribution in [2.24, 2.45) is 0 Å². The summed E-state index contributed by atoms with van der Waals surface area (Å²) in [6.45, 7) is 3.28. The van der Waals surface area contributed by atoms with Crippen molar-refractivity contribution >= 4 is 11.7 Å². The number of fused-ring (bicyclic) bond motifs is 1. The zero-order valence-electron chi connectivity index (χ0n) is 15.6. The highest BCUT2D eigenvalue weighted by atomic mass is 16.3. The van der Waals surface area contributed by atoms with Crippen LogP contribution in [0.15, 0.2) is 48.7 Å². The summed E-state index contributed by atoms with van der Waals surface area (Å²) in [5, 5.41) is 12.9. The summed E-state index contributed by atoms with van der Waals surface area (Å²) >= 11 is 0. The Balaban J connectivity index is 1.68. The predicted molar refractivity (Wildman–Crippen MR) is 105 cm³/mol. The van der Waals surface area contributed by atoms with Gasteiger partial charge in [-0.15, -0.1) is 0 Å². The Morgan fingerprint density at radius 3 is 2.71 bits per heavy atom. The van der Waals surface area contributed by atoms with E-state index in [1.165, 1.54) is 0 Å². The maximum absolute atomic E-state index is 11.8. The number of hydrogen-bond acceptors (Lipinski definition) is 6. The van der Waals surface area contributed by atoms with Crippen LogP contribution in [0.2, 0.25) is 0 Å². The molecule has 7 nitrogen and oxygen atoms in total. The van der Waals surface area contributed by atoms with E-state index in [-0.39, 0.29) is 11.7 Å². The normalized spacial score (nSPS) is 13.1. The van der Waals surface area contributed by atoms with Crippen LogP contribution >= 0.6 is 0 Å². The lowest BCUT2D eigenvalue weighted by atomic mass is 10.0. The Bertz CT molecular complexity index is 990. The van der Waals surface area contributed by atoms with E-state index in [9.17, 15) is 9.90 Å². The molecule has 0 bridgehead atoms. The largest absolute Gasteiger partial charge is 0.508 e. The number of phenols is 1. The van der Waals surface area contributed by atoms with Crippen LogP contribution in [0.4, 0.5) is 5.82 Å². The number of aromatic nitrogens is 3. The standard InChI is InChI=1S/C21H21N5O2/c1-14(27)26-11-9-17-19(13-26)24-21(18-4-2-3-10-22-18)25-20(17)23-12-15-5-7-16(28)8-6-15/h2-8,10,28H,9,11-13H2,1H3,(H,23,24,25). The minimum atomic E-state index is 0.0438. The van der Waals surface area contributed by atoms with Crippen LogP contribution in [0.1, 0.15) is 23.7 Å². The Labute approximate surface area is 163 Å². The molecule has 0 spiro atoms. The molecule has 0 unspecified atom stereocenters. The molecule has 0 radical (unpaired) electrons. The molecule has 0 saturated heterocycles. The predicted octanol–water partition coefficient (Wildman–Crippen LogP) is 2.76. The lowest BCUT2D eigenvalue weighted by Crippen LogP contribution is -2.35. The Hall–Kier alpha value is -3.48. The quantitative estimate of drug-likeness (QED) is 0.729. The van der Waals surface area contributed by atoms with E-state index in [0.717, 1.165) is 22.6 Å². The number of carbonyl (C=O) groups excluding carboxylic acids is 1. The lowest BCUT2D eigenvalue weighted by molar-refractivity contribution is -0.129. The lowest BCUT2D eigenvalue weighted by Gasteiger charge is -2.28. The number of nitrogens with one attached hydrogen (secondary N) is 1. The zero-order chi connectivity index (χ0) is 19.5. The average Bonchev–Trinajstić information content (AvgIpc) is 2.73. The fourth-order valence-corrected chi connectivity index (χ4v) is 3.25. The maximum Gasteiger partial charge on any atom is 0.219 e. The smallest absolute Gasteiger partial charge is 0.219 e.